The molecule has 5 rings (SSSR count). The van der Waals surface area contributed by atoms with Gasteiger partial charge < -0.3 is 10.2 Å². The van der Waals surface area contributed by atoms with Crippen LogP contribution in [0.25, 0.3) is 26.6 Å². The van der Waals surface area contributed by atoms with Crippen molar-refractivity contribution in [2.75, 3.05) is 5.73 Å². The summed E-state index contributed by atoms with van der Waals surface area (Å²) in [5.41, 5.74) is 9.27. The van der Waals surface area contributed by atoms with Crippen molar-refractivity contribution in [3.05, 3.63) is 54.4 Å². The minimum absolute atomic E-state index is 0.557. The lowest BCUT2D eigenvalue weighted by atomic mass is 10.2. The molecule has 3 aromatic heterocycles. The summed E-state index contributed by atoms with van der Waals surface area (Å²) >= 11 is 2.93. The summed E-state index contributed by atoms with van der Waals surface area (Å²) in [7, 11) is 0. The zero-order valence-corrected chi connectivity index (χ0v) is 15.0. The fraction of sp³-hybridized carbons (Fsp3) is 0.0588. The molecule has 0 bridgehead atoms. The van der Waals surface area contributed by atoms with E-state index >= 15 is 0 Å². The van der Waals surface area contributed by atoms with Crippen molar-refractivity contribution >= 4 is 44.8 Å². The standard InChI is InChI=1S/C17H12N6OS2/c18-11-6-2-1-5-10(11)15-22-23-14(20-21-16(23)26-15)9-25-17-19-12-7-3-4-8-13(12)24-17/h1-8H,9,18H2. The molecular formula is C17H12N6OS2. The van der Waals surface area contributed by atoms with Gasteiger partial charge in [0.15, 0.2) is 11.4 Å². The lowest BCUT2D eigenvalue weighted by Gasteiger charge is -1.99. The number of aromatic nitrogens is 5. The Hall–Kier alpha value is -2.91. The summed E-state index contributed by atoms with van der Waals surface area (Å²) in [5.74, 6) is 1.30. The van der Waals surface area contributed by atoms with Crippen LogP contribution < -0.4 is 5.73 Å². The normalized spacial score (nSPS) is 11.5. The van der Waals surface area contributed by atoms with Crippen LogP contribution in [0, 0.1) is 0 Å². The molecule has 0 aliphatic heterocycles. The van der Waals surface area contributed by atoms with Crippen LogP contribution in [0.3, 0.4) is 0 Å². The monoisotopic (exact) mass is 380 g/mol. The van der Waals surface area contributed by atoms with Crippen molar-refractivity contribution in [2.24, 2.45) is 0 Å². The Balaban J connectivity index is 1.43. The number of hydrogen-bond donors (Lipinski definition) is 1. The molecular weight excluding hydrogens is 368 g/mol. The molecule has 0 unspecified atom stereocenters. The number of nitrogen functional groups attached to an aromatic ring is 1. The number of benzene rings is 2. The average molecular weight is 380 g/mol. The van der Waals surface area contributed by atoms with Crippen molar-refractivity contribution < 1.29 is 4.42 Å². The zero-order chi connectivity index (χ0) is 17.5. The van der Waals surface area contributed by atoms with Gasteiger partial charge in [0.25, 0.3) is 5.22 Å². The van der Waals surface area contributed by atoms with E-state index in [-0.39, 0.29) is 0 Å². The molecule has 9 heteroatoms. The summed E-state index contributed by atoms with van der Waals surface area (Å²) in [5, 5.41) is 14.5. The maximum atomic E-state index is 6.05. The third-order valence-corrected chi connectivity index (χ3v) is 5.60. The Bertz CT molecular complexity index is 1190. The lowest BCUT2D eigenvalue weighted by molar-refractivity contribution is 0.489. The van der Waals surface area contributed by atoms with Gasteiger partial charge in [0.1, 0.15) is 10.5 Å². The number of anilines is 1. The molecule has 2 aromatic carbocycles. The van der Waals surface area contributed by atoms with Crippen LogP contribution in [0.1, 0.15) is 5.82 Å². The SMILES string of the molecule is Nc1ccccc1-c1nn2c(CSc3nc4ccccc4o3)nnc2s1. The first-order valence-electron chi connectivity index (χ1n) is 7.82. The number of oxazole rings is 1. The molecule has 7 nitrogen and oxygen atoms in total. The molecule has 2 N–H and O–H groups in total. The highest BCUT2D eigenvalue weighted by Gasteiger charge is 2.15. The van der Waals surface area contributed by atoms with E-state index in [0.717, 1.165) is 32.5 Å². The second-order valence-electron chi connectivity index (χ2n) is 5.54. The number of rotatable bonds is 4. The van der Waals surface area contributed by atoms with E-state index in [9.17, 15) is 0 Å². The van der Waals surface area contributed by atoms with Crippen molar-refractivity contribution in [3.8, 4) is 10.6 Å². The molecule has 0 amide bonds. The maximum Gasteiger partial charge on any atom is 0.257 e. The van der Waals surface area contributed by atoms with Gasteiger partial charge in [-0.25, -0.2) is 4.98 Å². The molecule has 0 aliphatic rings. The molecule has 0 fully saturated rings. The Kier molecular flexibility index (Phi) is 3.61. The van der Waals surface area contributed by atoms with E-state index in [4.69, 9.17) is 10.2 Å². The Morgan fingerprint density at radius 3 is 2.81 bits per heavy atom. The first kappa shape index (κ1) is 15.4. The van der Waals surface area contributed by atoms with Crippen LogP contribution in [-0.2, 0) is 5.75 Å². The first-order chi connectivity index (χ1) is 12.8. The molecule has 128 valence electrons. The minimum Gasteiger partial charge on any atom is -0.431 e. The van der Waals surface area contributed by atoms with E-state index in [0.29, 0.717) is 16.7 Å². The number of thioether (sulfide) groups is 1. The lowest BCUT2D eigenvalue weighted by Crippen LogP contribution is -1.95. The summed E-state index contributed by atoms with van der Waals surface area (Å²) in [4.78, 5) is 5.19. The van der Waals surface area contributed by atoms with Crippen molar-refractivity contribution in [2.45, 2.75) is 11.0 Å². The summed E-state index contributed by atoms with van der Waals surface area (Å²) < 4.78 is 7.48. The largest absolute Gasteiger partial charge is 0.431 e. The van der Waals surface area contributed by atoms with Crippen molar-refractivity contribution in [3.63, 3.8) is 0 Å². The van der Waals surface area contributed by atoms with E-state index in [1.165, 1.54) is 23.1 Å². The second kappa shape index (κ2) is 6.11. The number of hydrogen-bond acceptors (Lipinski definition) is 8. The summed E-state index contributed by atoms with van der Waals surface area (Å²) in [6, 6.07) is 15.4. The highest BCUT2D eigenvalue weighted by Crippen LogP contribution is 2.31. The van der Waals surface area contributed by atoms with Crippen LogP contribution in [0.4, 0.5) is 5.69 Å². The second-order valence-corrected chi connectivity index (χ2v) is 7.42. The van der Waals surface area contributed by atoms with Gasteiger partial charge in [-0.1, -0.05) is 47.4 Å². The van der Waals surface area contributed by atoms with Crippen LogP contribution in [0.5, 0.6) is 0 Å². The molecule has 0 saturated heterocycles. The van der Waals surface area contributed by atoms with Gasteiger partial charge >= 0.3 is 0 Å². The number of para-hydroxylation sites is 3. The Labute approximate surface area is 155 Å². The van der Waals surface area contributed by atoms with Crippen LogP contribution in [0.2, 0.25) is 0 Å². The molecule has 5 aromatic rings. The van der Waals surface area contributed by atoms with E-state index in [1.54, 1.807) is 4.52 Å². The van der Waals surface area contributed by atoms with Gasteiger partial charge in [0.2, 0.25) is 4.96 Å². The van der Waals surface area contributed by atoms with Gasteiger partial charge in [0, 0.05) is 11.3 Å². The van der Waals surface area contributed by atoms with Gasteiger partial charge in [-0.3, -0.25) is 0 Å². The molecule has 0 atom stereocenters. The van der Waals surface area contributed by atoms with Crippen LogP contribution in [0.15, 0.2) is 58.2 Å². The quantitative estimate of drug-likeness (QED) is 0.373. The number of nitrogens with zero attached hydrogens (tertiary/aromatic N) is 5. The third kappa shape index (κ3) is 2.61. The molecule has 0 radical (unpaired) electrons. The fourth-order valence-electron chi connectivity index (χ4n) is 2.59. The average Bonchev–Trinajstić information content (AvgIpc) is 3.34. The third-order valence-electron chi connectivity index (χ3n) is 3.85. The summed E-state index contributed by atoms with van der Waals surface area (Å²) in [6.45, 7) is 0. The molecule has 0 saturated carbocycles. The fourth-order valence-corrected chi connectivity index (χ4v) is 4.24. The van der Waals surface area contributed by atoms with Gasteiger partial charge in [-0.15, -0.1) is 10.2 Å². The van der Waals surface area contributed by atoms with E-state index in [2.05, 4.69) is 20.3 Å². The molecule has 3 heterocycles. The number of nitrogens with two attached hydrogens (primary N) is 1. The van der Waals surface area contributed by atoms with Crippen LogP contribution >= 0.6 is 23.1 Å². The number of fused-ring (bicyclic) bond motifs is 2. The summed E-state index contributed by atoms with van der Waals surface area (Å²) in [6.07, 6.45) is 0. The first-order valence-corrected chi connectivity index (χ1v) is 9.62. The highest BCUT2D eigenvalue weighted by atomic mass is 32.2. The Morgan fingerprint density at radius 1 is 1.08 bits per heavy atom. The van der Waals surface area contributed by atoms with Crippen LogP contribution in [-0.4, -0.2) is 24.8 Å². The Morgan fingerprint density at radius 2 is 1.92 bits per heavy atom. The van der Waals surface area contributed by atoms with Gasteiger partial charge in [0.05, 0.1) is 5.75 Å². The van der Waals surface area contributed by atoms with E-state index < -0.39 is 0 Å². The molecule has 0 spiro atoms. The van der Waals surface area contributed by atoms with E-state index in [1.807, 2.05) is 48.5 Å². The predicted molar refractivity (Wildman–Crippen MR) is 102 cm³/mol. The molecule has 26 heavy (non-hydrogen) atoms. The smallest absolute Gasteiger partial charge is 0.257 e. The van der Waals surface area contributed by atoms with Gasteiger partial charge in [-0.05, 0) is 24.3 Å². The topological polar surface area (TPSA) is 95.1 Å². The highest BCUT2D eigenvalue weighted by molar-refractivity contribution is 7.98. The molecule has 0 aliphatic carbocycles. The maximum absolute atomic E-state index is 6.05. The minimum atomic E-state index is 0.557. The predicted octanol–water partition coefficient (Wildman–Crippen LogP) is 3.87. The zero-order valence-electron chi connectivity index (χ0n) is 13.4. The van der Waals surface area contributed by atoms with Crippen molar-refractivity contribution in [1.29, 1.82) is 0 Å². The van der Waals surface area contributed by atoms with Crippen molar-refractivity contribution in [1.82, 2.24) is 24.8 Å². The van der Waals surface area contributed by atoms with Gasteiger partial charge in [-0.2, -0.15) is 9.61 Å².